The van der Waals surface area contributed by atoms with Crippen LogP contribution in [-0.4, -0.2) is 9.97 Å². The number of fused-ring (bicyclic) bond motifs is 1. The molecule has 13 heavy (non-hydrogen) atoms. The summed E-state index contributed by atoms with van der Waals surface area (Å²) in [5.41, 5.74) is 2.71. The van der Waals surface area contributed by atoms with Crippen LogP contribution in [0.5, 0.6) is 0 Å². The Morgan fingerprint density at radius 2 is 1.69 bits per heavy atom. The lowest BCUT2D eigenvalue weighted by molar-refractivity contribution is 1.18. The van der Waals surface area contributed by atoms with Crippen LogP contribution in [0, 0.1) is 6.92 Å². The van der Waals surface area contributed by atoms with Crippen LogP contribution in [0.25, 0.3) is 11.0 Å². The Kier molecular flexibility index (Phi) is 2.34. The van der Waals surface area contributed by atoms with Gasteiger partial charge in [-0.1, -0.05) is 0 Å². The summed E-state index contributed by atoms with van der Waals surface area (Å²) in [5, 5.41) is 0. The molecule has 0 aliphatic heterocycles. The molecule has 1 aromatic carbocycles. The second kappa shape index (κ2) is 3.35. The fourth-order valence-electron chi connectivity index (χ4n) is 1.12. The zero-order valence-electron chi connectivity index (χ0n) is 6.88. The summed E-state index contributed by atoms with van der Waals surface area (Å²) in [6, 6.07) is 3.91. The van der Waals surface area contributed by atoms with Crippen LogP contribution in [0.15, 0.2) is 27.3 Å². The summed E-state index contributed by atoms with van der Waals surface area (Å²) < 4.78 is 1.94. The summed E-state index contributed by atoms with van der Waals surface area (Å²) in [4.78, 5) is 8.70. The molecule has 1 aromatic heterocycles. The largest absolute Gasteiger partial charge is 0.251 e. The molecule has 1 heterocycles. The predicted molar refractivity (Wildman–Crippen MR) is 59.7 cm³/mol. The van der Waals surface area contributed by atoms with Crippen molar-refractivity contribution in [3.63, 3.8) is 0 Å². The van der Waals surface area contributed by atoms with Gasteiger partial charge in [-0.15, -0.1) is 0 Å². The van der Waals surface area contributed by atoms with Gasteiger partial charge in [0.15, 0.2) is 0 Å². The third-order valence-corrected chi connectivity index (χ3v) is 3.00. The molecule has 0 aliphatic carbocycles. The molecule has 0 bridgehead atoms. The molecule has 0 radical (unpaired) electrons. The summed E-state index contributed by atoms with van der Waals surface area (Å²) in [6.07, 6.45) is 1.76. The molecule has 0 saturated carbocycles. The third-order valence-electron chi connectivity index (χ3n) is 1.72. The normalized spacial score (nSPS) is 10.7. The first-order valence-corrected chi connectivity index (χ1v) is 5.34. The Bertz CT molecular complexity index is 468. The average Bonchev–Trinajstić information content (AvgIpc) is 2.12. The standard InChI is InChI=1S/C9H6Br2N2/c1-5-4-12-8-6(10)2-3-7(11)9(8)13-5/h2-4H,1H3. The third kappa shape index (κ3) is 1.60. The van der Waals surface area contributed by atoms with Crippen molar-refractivity contribution in [1.29, 1.82) is 0 Å². The predicted octanol–water partition coefficient (Wildman–Crippen LogP) is 3.46. The molecule has 2 aromatic rings. The smallest absolute Gasteiger partial charge is 0.104 e. The molecule has 0 atom stereocenters. The highest BCUT2D eigenvalue weighted by molar-refractivity contribution is 9.11. The van der Waals surface area contributed by atoms with Crippen LogP contribution >= 0.6 is 31.9 Å². The maximum absolute atomic E-state index is 4.40. The summed E-state index contributed by atoms with van der Waals surface area (Å²) >= 11 is 6.87. The van der Waals surface area contributed by atoms with Gasteiger partial charge in [-0.2, -0.15) is 0 Å². The zero-order valence-corrected chi connectivity index (χ0v) is 10.1. The van der Waals surface area contributed by atoms with Crippen molar-refractivity contribution in [2.24, 2.45) is 0 Å². The lowest BCUT2D eigenvalue weighted by atomic mass is 10.3. The molecule has 0 aliphatic rings. The van der Waals surface area contributed by atoms with Crippen LogP contribution in [0.1, 0.15) is 5.69 Å². The van der Waals surface area contributed by atoms with Gasteiger partial charge in [0.25, 0.3) is 0 Å². The summed E-state index contributed by atoms with van der Waals surface area (Å²) in [5.74, 6) is 0. The number of halogens is 2. The van der Waals surface area contributed by atoms with E-state index in [4.69, 9.17) is 0 Å². The molecular formula is C9H6Br2N2. The lowest BCUT2D eigenvalue weighted by Crippen LogP contribution is -1.88. The Balaban J connectivity index is 2.92. The van der Waals surface area contributed by atoms with E-state index in [0.29, 0.717) is 0 Å². The van der Waals surface area contributed by atoms with Crippen LogP contribution in [0.4, 0.5) is 0 Å². The van der Waals surface area contributed by atoms with E-state index in [1.54, 1.807) is 6.20 Å². The van der Waals surface area contributed by atoms with E-state index in [1.807, 2.05) is 19.1 Å². The van der Waals surface area contributed by atoms with Crippen molar-refractivity contribution in [2.45, 2.75) is 6.92 Å². The van der Waals surface area contributed by atoms with E-state index >= 15 is 0 Å². The van der Waals surface area contributed by atoms with Gasteiger partial charge >= 0.3 is 0 Å². The second-order valence-electron chi connectivity index (χ2n) is 2.74. The second-order valence-corrected chi connectivity index (χ2v) is 4.45. The SMILES string of the molecule is Cc1cnc2c(Br)ccc(Br)c2n1. The van der Waals surface area contributed by atoms with Crippen molar-refractivity contribution in [2.75, 3.05) is 0 Å². The molecule has 0 N–H and O–H groups in total. The molecule has 0 amide bonds. The van der Waals surface area contributed by atoms with Crippen molar-refractivity contribution in [3.05, 3.63) is 33.0 Å². The first-order chi connectivity index (χ1) is 6.18. The van der Waals surface area contributed by atoms with Gasteiger partial charge in [-0.05, 0) is 50.9 Å². The Hall–Kier alpha value is -0.480. The first kappa shape index (κ1) is 9.09. The monoisotopic (exact) mass is 300 g/mol. The van der Waals surface area contributed by atoms with E-state index in [9.17, 15) is 0 Å². The van der Waals surface area contributed by atoms with Crippen LogP contribution in [0.2, 0.25) is 0 Å². The number of aryl methyl sites for hydroxylation is 1. The van der Waals surface area contributed by atoms with Gasteiger partial charge < -0.3 is 0 Å². The fourth-order valence-corrected chi connectivity index (χ4v) is 1.95. The van der Waals surface area contributed by atoms with Crippen molar-refractivity contribution >= 4 is 42.9 Å². The topological polar surface area (TPSA) is 25.8 Å². The van der Waals surface area contributed by atoms with E-state index in [1.165, 1.54) is 0 Å². The minimum absolute atomic E-state index is 0.889. The Morgan fingerprint density at radius 3 is 2.38 bits per heavy atom. The van der Waals surface area contributed by atoms with E-state index in [-0.39, 0.29) is 0 Å². The average molecular weight is 302 g/mol. The van der Waals surface area contributed by atoms with Gasteiger partial charge in [0.1, 0.15) is 11.0 Å². The van der Waals surface area contributed by atoms with E-state index < -0.39 is 0 Å². The van der Waals surface area contributed by atoms with Crippen LogP contribution < -0.4 is 0 Å². The Morgan fingerprint density at radius 1 is 1.08 bits per heavy atom. The molecule has 0 spiro atoms. The van der Waals surface area contributed by atoms with Gasteiger partial charge in [0, 0.05) is 15.1 Å². The lowest BCUT2D eigenvalue weighted by Gasteiger charge is -2.01. The molecule has 4 heteroatoms. The number of benzene rings is 1. The molecule has 2 nitrogen and oxygen atoms in total. The van der Waals surface area contributed by atoms with E-state index in [0.717, 1.165) is 25.7 Å². The number of hydrogen-bond donors (Lipinski definition) is 0. The van der Waals surface area contributed by atoms with Gasteiger partial charge in [-0.3, -0.25) is 4.98 Å². The van der Waals surface area contributed by atoms with Gasteiger partial charge in [-0.25, -0.2) is 4.98 Å². The molecule has 0 unspecified atom stereocenters. The number of nitrogens with zero attached hydrogens (tertiary/aromatic N) is 2. The molecule has 0 saturated heterocycles. The van der Waals surface area contributed by atoms with Crippen molar-refractivity contribution in [1.82, 2.24) is 9.97 Å². The Labute approximate surface area is 92.7 Å². The van der Waals surface area contributed by atoms with Gasteiger partial charge in [0.05, 0.1) is 5.69 Å². The minimum atomic E-state index is 0.889. The molecule has 66 valence electrons. The highest BCUT2D eigenvalue weighted by Gasteiger charge is 2.04. The summed E-state index contributed by atoms with van der Waals surface area (Å²) in [7, 11) is 0. The highest BCUT2D eigenvalue weighted by atomic mass is 79.9. The fraction of sp³-hybridized carbons (Fsp3) is 0.111. The molecule has 2 rings (SSSR count). The quantitative estimate of drug-likeness (QED) is 0.745. The molecule has 0 fully saturated rings. The van der Waals surface area contributed by atoms with Crippen LogP contribution in [-0.2, 0) is 0 Å². The maximum Gasteiger partial charge on any atom is 0.104 e. The minimum Gasteiger partial charge on any atom is -0.251 e. The maximum atomic E-state index is 4.40. The van der Waals surface area contributed by atoms with Crippen molar-refractivity contribution < 1.29 is 0 Å². The number of hydrogen-bond acceptors (Lipinski definition) is 2. The van der Waals surface area contributed by atoms with Gasteiger partial charge in [0.2, 0.25) is 0 Å². The van der Waals surface area contributed by atoms with E-state index in [2.05, 4.69) is 41.8 Å². The summed E-state index contributed by atoms with van der Waals surface area (Å²) in [6.45, 7) is 1.93. The highest BCUT2D eigenvalue weighted by Crippen LogP contribution is 2.26. The zero-order chi connectivity index (χ0) is 9.42. The first-order valence-electron chi connectivity index (χ1n) is 3.76. The number of rotatable bonds is 0. The molecular weight excluding hydrogens is 296 g/mol. The van der Waals surface area contributed by atoms with Crippen LogP contribution in [0.3, 0.4) is 0 Å². The van der Waals surface area contributed by atoms with Crippen molar-refractivity contribution in [3.8, 4) is 0 Å². The number of aromatic nitrogens is 2.